The molecule has 5 nitrogen and oxygen atoms in total. The molecular weight excluding hydrogens is 168 g/mol. The van der Waals surface area contributed by atoms with E-state index in [1.54, 1.807) is 0 Å². The average molecular weight is 182 g/mol. The smallest absolute Gasteiger partial charge is 0.227 e. The first-order valence-electron chi connectivity index (χ1n) is 4.12. The Labute approximate surface area is 76.9 Å². The molecule has 1 rings (SSSR count). The number of amides is 1. The fourth-order valence-corrected chi connectivity index (χ4v) is 0.924. The van der Waals surface area contributed by atoms with Crippen molar-refractivity contribution in [2.75, 3.05) is 5.32 Å². The van der Waals surface area contributed by atoms with Crippen LogP contribution in [0.2, 0.25) is 0 Å². The second-order valence-electron chi connectivity index (χ2n) is 4.12. The Balaban J connectivity index is 2.43. The molecule has 0 aliphatic carbocycles. The van der Waals surface area contributed by atoms with Gasteiger partial charge in [-0.15, -0.1) is 0 Å². The van der Waals surface area contributed by atoms with Crippen molar-refractivity contribution >= 4 is 11.9 Å². The number of nitrogens with one attached hydrogen (secondary N) is 2. The molecule has 13 heavy (non-hydrogen) atoms. The van der Waals surface area contributed by atoms with Gasteiger partial charge in [-0.25, -0.2) is 5.10 Å². The van der Waals surface area contributed by atoms with E-state index < -0.39 is 0 Å². The van der Waals surface area contributed by atoms with Gasteiger partial charge in [0.1, 0.15) is 6.33 Å². The number of rotatable bonds is 2. The molecule has 0 aromatic carbocycles. The first-order chi connectivity index (χ1) is 5.97. The average Bonchev–Trinajstić information content (AvgIpc) is 2.34. The first kappa shape index (κ1) is 9.70. The summed E-state index contributed by atoms with van der Waals surface area (Å²) in [7, 11) is 0. The minimum Gasteiger partial charge on any atom is -0.295 e. The summed E-state index contributed by atoms with van der Waals surface area (Å²) in [5.74, 6) is 0.346. The lowest BCUT2D eigenvalue weighted by molar-refractivity contribution is -0.117. The highest BCUT2D eigenvalue weighted by Crippen LogP contribution is 2.18. The molecule has 0 aliphatic rings. The second-order valence-corrected chi connectivity index (χ2v) is 4.12. The van der Waals surface area contributed by atoms with Crippen molar-refractivity contribution in [3.05, 3.63) is 6.33 Å². The van der Waals surface area contributed by atoms with E-state index in [2.05, 4.69) is 20.5 Å². The first-order valence-corrected chi connectivity index (χ1v) is 4.12. The van der Waals surface area contributed by atoms with Crippen LogP contribution in [0.4, 0.5) is 5.95 Å². The summed E-state index contributed by atoms with van der Waals surface area (Å²) < 4.78 is 0. The van der Waals surface area contributed by atoms with Gasteiger partial charge in [0, 0.05) is 6.42 Å². The van der Waals surface area contributed by atoms with Gasteiger partial charge in [-0.05, 0) is 5.41 Å². The summed E-state index contributed by atoms with van der Waals surface area (Å²) >= 11 is 0. The van der Waals surface area contributed by atoms with Crippen LogP contribution in [-0.2, 0) is 4.79 Å². The summed E-state index contributed by atoms with van der Waals surface area (Å²) in [5.41, 5.74) is -0.00982. The number of nitrogens with zero attached hydrogens (tertiary/aromatic N) is 2. The van der Waals surface area contributed by atoms with Crippen LogP contribution in [-0.4, -0.2) is 21.1 Å². The van der Waals surface area contributed by atoms with Crippen LogP contribution in [0.1, 0.15) is 27.2 Å². The maximum Gasteiger partial charge on any atom is 0.227 e. The van der Waals surface area contributed by atoms with E-state index in [0.717, 1.165) is 0 Å². The van der Waals surface area contributed by atoms with Gasteiger partial charge in [0.2, 0.25) is 11.9 Å². The van der Waals surface area contributed by atoms with E-state index in [-0.39, 0.29) is 11.3 Å². The van der Waals surface area contributed by atoms with E-state index in [1.165, 1.54) is 6.33 Å². The molecule has 5 heteroatoms. The molecule has 0 bridgehead atoms. The lowest BCUT2D eigenvalue weighted by Crippen LogP contribution is -2.20. The third kappa shape index (κ3) is 3.68. The normalized spacial score (nSPS) is 11.3. The van der Waals surface area contributed by atoms with Gasteiger partial charge in [0.05, 0.1) is 0 Å². The van der Waals surface area contributed by atoms with E-state index >= 15 is 0 Å². The highest BCUT2D eigenvalue weighted by atomic mass is 16.1. The quantitative estimate of drug-likeness (QED) is 0.721. The second kappa shape index (κ2) is 3.55. The van der Waals surface area contributed by atoms with Crippen molar-refractivity contribution in [3.63, 3.8) is 0 Å². The summed E-state index contributed by atoms with van der Waals surface area (Å²) in [6.45, 7) is 6.02. The summed E-state index contributed by atoms with van der Waals surface area (Å²) in [5, 5.41) is 8.79. The third-order valence-corrected chi connectivity index (χ3v) is 1.36. The van der Waals surface area contributed by atoms with E-state index in [4.69, 9.17) is 0 Å². The molecule has 0 unspecified atom stereocenters. The van der Waals surface area contributed by atoms with Gasteiger partial charge in [-0.2, -0.15) is 10.1 Å². The number of carbonyl (C=O) groups is 1. The summed E-state index contributed by atoms with van der Waals surface area (Å²) in [6, 6.07) is 0. The molecule has 0 spiro atoms. The van der Waals surface area contributed by atoms with Gasteiger partial charge in [-0.3, -0.25) is 10.1 Å². The van der Waals surface area contributed by atoms with Crippen molar-refractivity contribution < 1.29 is 4.79 Å². The molecule has 1 heterocycles. The van der Waals surface area contributed by atoms with Crippen LogP contribution in [0.3, 0.4) is 0 Å². The maximum atomic E-state index is 11.3. The van der Waals surface area contributed by atoms with Crippen molar-refractivity contribution in [2.45, 2.75) is 27.2 Å². The molecule has 1 aromatic rings. The number of anilines is 1. The third-order valence-electron chi connectivity index (χ3n) is 1.36. The molecular formula is C8H14N4O. The predicted molar refractivity (Wildman–Crippen MR) is 49.1 cm³/mol. The molecule has 0 radical (unpaired) electrons. The molecule has 0 saturated carbocycles. The number of aromatic amines is 1. The number of hydrogen-bond donors (Lipinski definition) is 2. The number of aromatic nitrogens is 3. The van der Waals surface area contributed by atoms with Gasteiger partial charge in [-0.1, -0.05) is 20.8 Å². The Bertz CT molecular complexity index is 273. The van der Waals surface area contributed by atoms with Crippen LogP contribution in [0.15, 0.2) is 6.33 Å². The number of hydrogen-bond acceptors (Lipinski definition) is 3. The Hall–Kier alpha value is -1.39. The molecule has 0 saturated heterocycles. The molecule has 0 aliphatic heterocycles. The van der Waals surface area contributed by atoms with E-state index in [9.17, 15) is 4.79 Å². The molecule has 72 valence electrons. The summed E-state index contributed by atoms with van der Waals surface area (Å²) in [6.07, 6.45) is 1.82. The zero-order chi connectivity index (χ0) is 9.90. The Morgan fingerprint density at radius 2 is 2.31 bits per heavy atom. The monoisotopic (exact) mass is 182 g/mol. The van der Waals surface area contributed by atoms with Gasteiger partial charge in [0.15, 0.2) is 0 Å². The molecule has 0 fully saturated rings. The number of H-pyrrole nitrogens is 1. The fraction of sp³-hybridized carbons (Fsp3) is 0.625. The summed E-state index contributed by atoms with van der Waals surface area (Å²) in [4.78, 5) is 15.1. The topological polar surface area (TPSA) is 70.7 Å². The van der Waals surface area contributed by atoms with E-state index in [1.807, 2.05) is 20.8 Å². The van der Waals surface area contributed by atoms with Crippen LogP contribution in [0.5, 0.6) is 0 Å². The van der Waals surface area contributed by atoms with Gasteiger partial charge >= 0.3 is 0 Å². The molecule has 1 aromatic heterocycles. The van der Waals surface area contributed by atoms with Gasteiger partial charge < -0.3 is 0 Å². The highest BCUT2D eigenvalue weighted by molar-refractivity contribution is 5.89. The zero-order valence-corrected chi connectivity index (χ0v) is 8.09. The van der Waals surface area contributed by atoms with Crippen LogP contribution >= 0.6 is 0 Å². The van der Waals surface area contributed by atoms with E-state index in [0.29, 0.717) is 12.4 Å². The van der Waals surface area contributed by atoms with Crippen molar-refractivity contribution in [3.8, 4) is 0 Å². The Morgan fingerprint density at radius 3 is 2.77 bits per heavy atom. The van der Waals surface area contributed by atoms with Gasteiger partial charge in [0.25, 0.3) is 0 Å². The fourth-order valence-electron chi connectivity index (χ4n) is 0.924. The predicted octanol–water partition coefficient (Wildman–Crippen LogP) is 1.18. The molecule has 0 atom stereocenters. The number of carbonyl (C=O) groups excluding carboxylic acids is 1. The zero-order valence-electron chi connectivity index (χ0n) is 8.09. The van der Waals surface area contributed by atoms with Crippen molar-refractivity contribution in [2.24, 2.45) is 5.41 Å². The minimum absolute atomic E-state index is 0.00982. The molecule has 2 N–H and O–H groups in total. The maximum absolute atomic E-state index is 11.3. The lowest BCUT2D eigenvalue weighted by atomic mass is 9.92. The van der Waals surface area contributed by atoms with Crippen LogP contribution in [0, 0.1) is 5.41 Å². The largest absolute Gasteiger partial charge is 0.295 e. The Kier molecular flexibility index (Phi) is 2.65. The SMILES string of the molecule is CC(C)(C)CC(=O)Nc1ncn[nH]1. The molecule has 1 amide bonds. The van der Waals surface area contributed by atoms with Crippen molar-refractivity contribution in [1.82, 2.24) is 15.2 Å². The van der Waals surface area contributed by atoms with Crippen LogP contribution in [0.25, 0.3) is 0 Å². The lowest BCUT2D eigenvalue weighted by Gasteiger charge is -2.16. The minimum atomic E-state index is -0.0516. The standard InChI is InChI=1S/C8H14N4O/c1-8(2,3)4-6(13)11-7-9-5-10-12-7/h5H,4H2,1-3H3,(H2,9,10,11,12,13). The van der Waals surface area contributed by atoms with Crippen molar-refractivity contribution in [1.29, 1.82) is 0 Å². The Morgan fingerprint density at radius 1 is 1.62 bits per heavy atom. The van der Waals surface area contributed by atoms with Crippen LogP contribution < -0.4 is 5.32 Å². The highest BCUT2D eigenvalue weighted by Gasteiger charge is 2.16.